The summed E-state index contributed by atoms with van der Waals surface area (Å²) < 4.78 is 15.0. The van der Waals surface area contributed by atoms with Gasteiger partial charge < -0.3 is 5.32 Å². The van der Waals surface area contributed by atoms with Gasteiger partial charge in [-0.2, -0.15) is 0 Å². The Morgan fingerprint density at radius 1 is 1.28 bits per heavy atom. The van der Waals surface area contributed by atoms with Gasteiger partial charge in [0.1, 0.15) is 5.82 Å². The molecule has 3 aliphatic heterocycles. The van der Waals surface area contributed by atoms with Gasteiger partial charge in [0.25, 0.3) is 0 Å². The molecule has 0 aliphatic carbocycles. The Kier molecular flexibility index (Phi) is 5.42. The molecule has 3 fully saturated rings. The van der Waals surface area contributed by atoms with E-state index < -0.39 is 0 Å². The lowest BCUT2D eigenvalue weighted by Crippen LogP contribution is -2.58. The number of hydrogen-bond acceptors (Lipinski definition) is 4. The zero-order valence-electron chi connectivity index (χ0n) is 17.4. The Morgan fingerprint density at radius 3 is 2.66 bits per heavy atom. The molecule has 1 amide bonds. The number of nitrogens with one attached hydrogen (secondary N) is 1. The number of amides is 1. The Balaban J connectivity index is 1.33. The number of fused-ring (bicyclic) bond motifs is 3. The molecule has 0 saturated carbocycles. The monoisotopic (exact) mass is 399 g/mol. The van der Waals surface area contributed by atoms with Crippen molar-refractivity contribution in [2.24, 2.45) is 11.8 Å². The third kappa shape index (κ3) is 4.50. The summed E-state index contributed by atoms with van der Waals surface area (Å²) in [5.41, 5.74) is 1.92. The predicted octanol–water partition coefficient (Wildman–Crippen LogP) is 2.74. The summed E-state index contributed by atoms with van der Waals surface area (Å²) in [6.45, 7) is 9.53. The number of carbonyl (C=O) groups is 1. The van der Waals surface area contributed by atoms with Crippen LogP contribution in [0.2, 0.25) is 0 Å². The van der Waals surface area contributed by atoms with Crippen LogP contribution >= 0.6 is 0 Å². The van der Waals surface area contributed by atoms with E-state index in [2.05, 4.69) is 47.5 Å². The van der Waals surface area contributed by atoms with E-state index in [0.29, 0.717) is 18.5 Å². The van der Waals surface area contributed by atoms with Crippen molar-refractivity contribution in [2.75, 3.05) is 13.1 Å². The minimum Gasteiger partial charge on any atom is -0.352 e. The Labute approximate surface area is 171 Å². The standard InChI is InChI=1S/C22H30FN5O/c1-22(2,3)20-14-28(26-25-20)12-18-10-16-8-9-27(18)13-19(16)21(29)24-11-15-4-6-17(23)7-5-15/h4-7,14,16,18-19H,8-13H2,1-3H3,(H,24,29). The molecule has 6 nitrogen and oxygen atoms in total. The van der Waals surface area contributed by atoms with E-state index in [1.807, 2.05) is 4.68 Å². The van der Waals surface area contributed by atoms with Gasteiger partial charge in [-0.25, -0.2) is 4.39 Å². The van der Waals surface area contributed by atoms with Crippen molar-refractivity contribution < 1.29 is 9.18 Å². The molecule has 4 atom stereocenters. The van der Waals surface area contributed by atoms with Crippen LogP contribution in [-0.4, -0.2) is 44.9 Å². The Morgan fingerprint density at radius 2 is 2.03 bits per heavy atom. The highest BCUT2D eigenvalue weighted by molar-refractivity contribution is 5.79. The molecule has 4 heterocycles. The van der Waals surface area contributed by atoms with Crippen LogP contribution in [0, 0.1) is 17.7 Å². The maximum atomic E-state index is 13.0. The summed E-state index contributed by atoms with van der Waals surface area (Å²) in [4.78, 5) is 15.2. The highest BCUT2D eigenvalue weighted by atomic mass is 19.1. The van der Waals surface area contributed by atoms with Gasteiger partial charge in [-0.3, -0.25) is 14.4 Å². The van der Waals surface area contributed by atoms with Crippen LogP contribution < -0.4 is 5.32 Å². The van der Waals surface area contributed by atoms with Gasteiger partial charge >= 0.3 is 0 Å². The van der Waals surface area contributed by atoms with E-state index in [4.69, 9.17) is 0 Å². The number of carbonyl (C=O) groups excluding carboxylic acids is 1. The molecule has 2 aromatic rings. The van der Waals surface area contributed by atoms with Gasteiger partial charge in [-0.05, 0) is 43.0 Å². The minimum absolute atomic E-state index is 0.00217. The second-order valence-corrected chi connectivity index (χ2v) is 9.46. The number of nitrogens with zero attached hydrogens (tertiary/aromatic N) is 4. The first kappa shape index (κ1) is 20.0. The number of halogens is 1. The van der Waals surface area contributed by atoms with Crippen LogP contribution in [0.1, 0.15) is 44.9 Å². The summed E-state index contributed by atoms with van der Waals surface area (Å²) in [5, 5.41) is 11.7. The molecular formula is C22H30FN5O. The highest BCUT2D eigenvalue weighted by Crippen LogP contribution is 2.37. The lowest BCUT2D eigenvalue weighted by Gasteiger charge is -2.49. The number of aromatic nitrogens is 3. The van der Waals surface area contributed by atoms with Crippen LogP contribution in [-0.2, 0) is 23.3 Å². The smallest absolute Gasteiger partial charge is 0.224 e. The lowest BCUT2D eigenvalue weighted by atomic mass is 9.75. The van der Waals surface area contributed by atoms with Gasteiger partial charge in [0.05, 0.1) is 18.2 Å². The minimum atomic E-state index is -0.259. The van der Waals surface area contributed by atoms with Crippen molar-refractivity contribution in [1.29, 1.82) is 0 Å². The molecule has 1 aromatic carbocycles. The van der Waals surface area contributed by atoms with E-state index in [1.165, 1.54) is 12.1 Å². The van der Waals surface area contributed by atoms with E-state index in [0.717, 1.165) is 43.7 Å². The van der Waals surface area contributed by atoms with E-state index in [1.54, 1.807) is 12.1 Å². The molecule has 1 N–H and O–H groups in total. The van der Waals surface area contributed by atoms with E-state index in [9.17, 15) is 9.18 Å². The lowest BCUT2D eigenvalue weighted by molar-refractivity contribution is -0.133. The van der Waals surface area contributed by atoms with Gasteiger partial charge in [0.15, 0.2) is 0 Å². The van der Waals surface area contributed by atoms with Crippen molar-refractivity contribution in [3.05, 3.63) is 47.5 Å². The molecule has 1 aromatic heterocycles. The summed E-state index contributed by atoms with van der Waals surface area (Å²) >= 11 is 0. The average molecular weight is 400 g/mol. The molecule has 4 unspecified atom stereocenters. The maximum absolute atomic E-state index is 13.0. The SMILES string of the molecule is CC(C)(C)c1cn(CC2CC3CCN2CC3C(=O)NCc2ccc(F)cc2)nn1. The first-order chi connectivity index (χ1) is 13.8. The summed E-state index contributed by atoms with van der Waals surface area (Å²) in [6, 6.07) is 6.69. The molecule has 3 aliphatic rings. The zero-order chi connectivity index (χ0) is 20.6. The Hall–Kier alpha value is -2.28. The Bertz CT molecular complexity index is 857. The second kappa shape index (κ2) is 7.86. The molecule has 3 saturated heterocycles. The average Bonchev–Trinajstić information content (AvgIpc) is 3.17. The molecule has 29 heavy (non-hydrogen) atoms. The van der Waals surface area contributed by atoms with Gasteiger partial charge in [-0.1, -0.05) is 38.1 Å². The zero-order valence-corrected chi connectivity index (χ0v) is 17.4. The topological polar surface area (TPSA) is 63.1 Å². The largest absolute Gasteiger partial charge is 0.352 e. The third-order valence-corrected chi connectivity index (χ3v) is 6.30. The normalized spacial score (nSPS) is 26.5. The van der Waals surface area contributed by atoms with Gasteiger partial charge in [0.2, 0.25) is 5.91 Å². The van der Waals surface area contributed by atoms with Crippen molar-refractivity contribution >= 4 is 5.91 Å². The molecule has 0 spiro atoms. The molecule has 7 heteroatoms. The van der Waals surface area contributed by atoms with Gasteiger partial charge in [0, 0.05) is 30.7 Å². The molecule has 2 bridgehead atoms. The van der Waals surface area contributed by atoms with Crippen LogP contribution in [0.3, 0.4) is 0 Å². The first-order valence-corrected chi connectivity index (χ1v) is 10.5. The summed E-state index contributed by atoms with van der Waals surface area (Å²) in [6.07, 6.45) is 4.13. The number of rotatable bonds is 5. The molecule has 0 radical (unpaired) electrons. The second-order valence-electron chi connectivity index (χ2n) is 9.46. The first-order valence-electron chi connectivity index (χ1n) is 10.5. The fourth-order valence-corrected chi connectivity index (χ4v) is 4.49. The molecular weight excluding hydrogens is 369 g/mol. The fourth-order valence-electron chi connectivity index (χ4n) is 4.49. The van der Waals surface area contributed by atoms with E-state index in [-0.39, 0.29) is 23.1 Å². The third-order valence-electron chi connectivity index (χ3n) is 6.30. The van der Waals surface area contributed by atoms with Crippen LogP contribution in [0.15, 0.2) is 30.5 Å². The van der Waals surface area contributed by atoms with Crippen LogP contribution in [0.25, 0.3) is 0 Å². The van der Waals surface area contributed by atoms with Crippen LogP contribution in [0.5, 0.6) is 0 Å². The summed E-state index contributed by atoms with van der Waals surface area (Å²) in [7, 11) is 0. The van der Waals surface area contributed by atoms with Crippen molar-refractivity contribution in [3.8, 4) is 0 Å². The van der Waals surface area contributed by atoms with Gasteiger partial charge in [-0.15, -0.1) is 5.10 Å². The quantitative estimate of drug-likeness (QED) is 0.840. The van der Waals surface area contributed by atoms with Crippen molar-refractivity contribution in [3.63, 3.8) is 0 Å². The predicted molar refractivity (Wildman–Crippen MR) is 109 cm³/mol. The number of piperidine rings is 3. The fraction of sp³-hybridized carbons (Fsp3) is 0.591. The maximum Gasteiger partial charge on any atom is 0.224 e. The summed E-state index contributed by atoms with van der Waals surface area (Å²) in [5.74, 6) is 0.286. The van der Waals surface area contributed by atoms with Crippen molar-refractivity contribution in [1.82, 2.24) is 25.2 Å². The van der Waals surface area contributed by atoms with Crippen LogP contribution in [0.4, 0.5) is 4.39 Å². The highest BCUT2D eigenvalue weighted by Gasteiger charge is 2.43. The van der Waals surface area contributed by atoms with Crippen molar-refractivity contribution in [2.45, 2.75) is 58.2 Å². The number of benzene rings is 1. The molecule has 156 valence electrons. The molecule has 5 rings (SSSR count). The number of hydrogen-bond donors (Lipinski definition) is 1. The van der Waals surface area contributed by atoms with E-state index >= 15 is 0 Å².